The fraction of sp³-hybridized carbons (Fsp3) is 0.235. The van der Waals surface area contributed by atoms with E-state index in [0.717, 1.165) is 5.75 Å². The Bertz CT molecular complexity index is 607. The minimum absolute atomic E-state index is 0.0711. The first-order valence-electron chi connectivity index (χ1n) is 6.61. The number of hydrogen-bond donors (Lipinski definition) is 2. The van der Waals surface area contributed by atoms with Crippen LogP contribution >= 0.6 is 0 Å². The predicted octanol–water partition coefficient (Wildman–Crippen LogP) is 3.47. The Kier molecular flexibility index (Phi) is 4.08. The van der Waals surface area contributed by atoms with Gasteiger partial charge in [-0.15, -0.1) is 0 Å². The van der Waals surface area contributed by atoms with Gasteiger partial charge in [-0.3, -0.25) is 5.41 Å². The maximum Gasteiger partial charge on any atom is 0.122 e. The third-order valence-electron chi connectivity index (χ3n) is 3.39. The highest BCUT2D eigenvalue weighted by Crippen LogP contribution is 2.19. The number of aryl methyl sites for hydroxylation is 3. The molecular weight excluding hydrogens is 248 g/mol. The van der Waals surface area contributed by atoms with Crippen molar-refractivity contribution in [3.05, 3.63) is 64.2 Å². The molecule has 2 aromatic carbocycles. The van der Waals surface area contributed by atoms with Crippen LogP contribution in [0, 0.1) is 26.2 Å². The molecule has 3 heteroatoms. The maximum absolute atomic E-state index is 7.36. The Labute approximate surface area is 119 Å². The van der Waals surface area contributed by atoms with E-state index in [1.165, 1.54) is 22.3 Å². The van der Waals surface area contributed by atoms with Crippen molar-refractivity contribution in [3.63, 3.8) is 0 Å². The molecule has 0 saturated carbocycles. The first-order chi connectivity index (χ1) is 9.47. The summed E-state index contributed by atoms with van der Waals surface area (Å²) in [6.45, 7) is 6.87. The van der Waals surface area contributed by atoms with Crippen LogP contribution < -0.4 is 10.5 Å². The molecule has 0 unspecified atom stereocenters. The lowest BCUT2D eigenvalue weighted by atomic mass is 10.0. The second kappa shape index (κ2) is 5.78. The van der Waals surface area contributed by atoms with Crippen molar-refractivity contribution in [2.75, 3.05) is 0 Å². The highest BCUT2D eigenvalue weighted by molar-refractivity contribution is 5.94. The van der Waals surface area contributed by atoms with Crippen LogP contribution in [0.15, 0.2) is 36.4 Å². The number of nitrogens with one attached hydrogen (secondary N) is 1. The van der Waals surface area contributed by atoms with Crippen LogP contribution in [0.1, 0.15) is 27.8 Å². The van der Waals surface area contributed by atoms with E-state index in [9.17, 15) is 0 Å². The number of amidine groups is 1. The first kappa shape index (κ1) is 14.1. The molecule has 0 fully saturated rings. The topological polar surface area (TPSA) is 59.1 Å². The molecule has 0 aliphatic rings. The van der Waals surface area contributed by atoms with Gasteiger partial charge in [-0.25, -0.2) is 0 Å². The van der Waals surface area contributed by atoms with Crippen molar-refractivity contribution >= 4 is 5.84 Å². The van der Waals surface area contributed by atoms with Crippen molar-refractivity contribution in [1.82, 2.24) is 0 Å². The average Bonchev–Trinajstić information content (AvgIpc) is 2.38. The minimum Gasteiger partial charge on any atom is -0.489 e. The van der Waals surface area contributed by atoms with Gasteiger partial charge < -0.3 is 10.5 Å². The molecule has 0 bridgehead atoms. The molecule has 0 atom stereocenters. The largest absolute Gasteiger partial charge is 0.489 e. The summed E-state index contributed by atoms with van der Waals surface area (Å²) in [5.41, 5.74) is 11.1. The van der Waals surface area contributed by atoms with Gasteiger partial charge in [0.05, 0.1) is 0 Å². The number of nitrogens with two attached hydrogens (primary N) is 1. The second-order valence-corrected chi connectivity index (χ2v) is 5.10. The predicted molar refractivity (Wildman–Crippen MR) is 82.4 cm³/mol. The molecule has 0 radical (unpaired) electrons. The number of rotatable bonds is 4. The standard InChI is InChI=1S/C17H20N2O/c1-11-8-12(2)16(13(3)9-11)10-20-15-6-4-14(5-7-15)17(18)19/h4-9H,10H2,1-3H3,(H3,18,19). The van der Waals surface area contributed by atoms with E-state index in [2.05, 4.69) is 32.9 Å². The van der Waals surface area contributed by atoms with Gasteiger partial charge in [0.2, 0.25) is 0 Å². The molecule has 20 heavy (non-hydrogen) atoms. The van der Waals surface area contributed by atoms with E-state index in [4.69, 9.17) is 15.9 Å². The van der Waals surface area contributed by atoms with Gasteiger partial charge in [-0.2, -0.15) is 0 Å². The Balaban J connectivity index is 2.11. The lowest BCUT2D eigenvalue weighted by Crippen LogP contribution is -2.10. The summed E-state index contributed by atoms with van der Waals surface area (Å²) in [6.07, 6.45) is 0. The summed E-state index contributed by atoms with van der Waals surface area (Å²) in [4.78, 5) is 0. The van der Waals surface area contributed by atoms with Crippen LogP contribution in [0.2, 0.25) is 0 Å². The smallest absolute Gasteiger partial charge is 0.122 e. The fourth-order valence-electron chi connectivity index (χ4n) is 2.32. The lowest BCUT2D eigenvalue weighted by Gasteiger charge is -2.13. The number of benzene rings is 2. The quantitative estimate of drug-likeness (QED) is 0.659. The summed E-state index contributed by atoms with van der Waals surface area (Å²) in [5.74, 6) is 0.858. The van der Waals surface area contributed by atoms with Crippen molar-refractivity contribution in [1.29, 1.82) is 5.41 Å². The summed E-state index contributed by atoms with van der Waals surface area (Å²) in [7, 11) is 0. The maximum atomic E-state index is 7.36. The Hall–Kier alpha value is -2.29. The Morgan fingerprint density at radius 2 is 1.60 bits per heavy atom. The van der Waals surface area contributed by atoms with Gasteiger partial charge in [0.1, 0.15) is 18.2 Å². The molecule has 0 saturated heterocycles. The molecule has 0 heterocycles. The minimum atomic E-state index is 0.0711. The summed E-state index contributed by atoms with van der Waals surface area (Å²) in [6, 6.07) is 11.6. The van der Waals surface area contributed by atoms with Crippen molar-refractivity contribution < 1.29 is 4.74 Å². The molecule has 3 nitrogen and oxygen atoms in total. The van der Waals surface area contributed by atoms with E-state index in [0.29, 0.717) is 12.2 Å². The first-order valence-corrected chi connectivity index (χ1v) is 6.61. The van der Waals surface area contributed by atoms with Gasteiger partial charge in [-0.05, 0) is 61.7 Å². The van der Waals surface area contributed by atoms with Gasteiger partial charge >= 0.3 is 0 Å². The highest BCUT2D eigenvalue weighted by Gasteiger charge is 2.05. The van der Waals surface area contributed by atoms with Crippen LogP contribution in [0.4, 0.5) is 0 Å². The normalized spacial score (nSPS) is 10.3. The van der Waals surface area contributed by atoms with Gasteiger partial charge in [0, 0.05) is 5.56 Å². The molecule has 2 rings (SSSR count). The Morgan fingerprint density at radius 3 is 2.10 bits per heavy atom. The van der Waals surface area contributed by atoms with Crippen LogP contribution in [-0.2, 0) is 6.61 Å². The SMILES string of the molecule is Cc1cc(C)c(COc2ccc(C(=N)N)cc2)c(C)c1. The zero-order valence-electron chi connectivity index (χ0n) is 12.2. The number of hydrogen-bond acceptors (Lipinski definition) is 2. The summed E-state index contributed by atoms with van der Waals surface area (Å²) < 4.78 is 5.82. The van der Waals surface area contributed by atoms with Crippen molar-refractivity contribution in [3.8, 4) is 5.75 Å². The molecule has 0 amide bonds. The third kappa shape index (κ3) is 3.18. The highest BCUT2D eigenvalue weighted by atomic mass is 16.5. The zero-order valence-corrected chi connectivity index (χ0v) is 12.2. The van der Waals surface area contributed by atoms with E-state index in [1.54, 1.807) is 12.1 Å². The number of ether oxygens (including phenoxy) is 1. The fourth-order valence-corrected chi connectivity index (χ4v) is 2.32. The second-order valence-electron chi connectivity index (χ2n) is 5.10. The molecule has 2 aromatic rings. The molecule has 0 aromatic heterocycles. The average molecular weight is 268 g/mol. The summed E-state index contributed by atoms with van der Waals surface area (Å²) >= 11 is 0. The van der Waals surface area contributed by atoms with Gasteiger partial charge in [0.25, 0.3) is 0 Å². The monoisotopic (exact) mass is 268 g/mol. The summed E-state index contributed by atoms with van der Waals surface area (Å²) in [5, 5.41) is 7.36. The van der Waals surface area contributed by atoms with Crippen LogP contribution in [-0.4, -0.2) is 5.84 Å². The van der Waals surface area contributed by atoms with Crippen LogP contribution in [0.3, 0.4) is 0 Å². The van der Waals surface area contributed by atoms with Crippen molar-refractivity contribution in [2.24, 2.45) is 5.73 Å². The molecule has 3 N–H and O–H groups in total. The molecule has 0 aliphatic carbocycles. The van der Waals surface area contributed by atoms with E-state index >= 15 is 0 Å². The molecule has 0 aliphatic heterocycles. The molecule has 104 valence electrons. The Morgan fingerprint density at radius 1 is 1.05 bits per heavy atom. The molecular formula is C17H20N2O. The van der Waals surface area contributed by atoms with E-state index < -0.39 is 0 Å². The lowest BCUT2D eigenvalue weighted by molar-refractivity contribution is 0.304. The van der Waals surface area contributed by atoms with Gasteiger partial charge in [-0.1, -0.05) is 17.7 Å². The molecule has 0 spiro atoms. The van der Waals surface area contributed by atoms with E-state index in [1.807, 2.05) is 12.1 Å². The zero-order chi connectivity index (χ0) is 14.7. The third-order valence-corrected chi connectivity index (χ3v) is 3.39. The van der Waals surface area contributed by atoms with Gasteiger partial charge in [0.15, 0.2) is 0 Å². The van der Waals surface area contributed by atoms with Crippen molar-refractivity contribution in [2.45, 2.75) is 27.4 Å². The van der Waals surface area contributed by atoms with E-state index in [-0.39, 0.29) is 5.84 Å². The number of nitrogen functional groups attached to an aromatic ring is 1. The van der Waals surface area contributed by atoms with Crippen LogP contribution in [0.25, 0.3) is 0 Å². The van der Waals surface area contributed by atoms with Crippen LogP contribution in [0.5, 0.6) is 5.75 Å².